The molecule has 24 heavy (non-hydrogen) atoms. The Morgan fingerprint density at radius 3 is 2.54 bits per heavy atom. The van der Waals surface area contributed by atoms with Gasteiger partial charge in [0.05, 0.1) is 12.1 Å². The van der Waals surface area contributed by atoms with Gasteiger partial charge in [-0.3, -0.25) is 0 Å². The lowest BCUT2D eigenvalue weighted by Gasteiger charge is -2.26. The lowest BCUT2D eigenvalue weighted by Crippen LogP contribution is -2.30. The molecular weight excluding hydrogens is 300 g/mol. The van der Waals surface area contributed by atoms with Crippen LogP contribution in [-0.2, 0) is 23.9 Å². The Morgan fingerprint density at radius 1 is 1.17 bits per heavy atom. The van der Waals surface area contributed by atoms with E-state index in [0.29, 0.717) is 12.5 Å². The molecule has 0 amide bonds. The monoisotopic (exact) mass is 330 g/mol. The summed E-state index contributed by atoms with van der Waals surface area (Å²) < 4.78 is 9.67. The zero-order chi connectivity index (χ0) is 17.2. The second-order valence-corrected chi connectivity index (χ2v) is 7.55. The van der Waals surface area contributed by atoms with Crippen molar-refractivity contribution in [1.29, 1.82) is 0 Å². The SMILES string of the molecule is COCc1ccn(C(C)(C)c2nnc(C3CCCCCC3)n2C)c1. The van der Waals surface area contributed by atoms with Gasteiger partial charge in [0.1, 0.15) is 5.82 Å². The molecule has 0 spiro atoms. The molecule has 5 heteroatoms. The van der Waals surface area contributed by atoms with Crippen LogP contribution < -0.4 is 0 Å². The van der Waals surface area contributed by atoms with E-state index in [2.05, 4.69) is 58.7 Å². The number of hydrogen-bond donors (Lipinski definition) is 0. The Kier molecular flexibility index (Phi) is 5.09. The van der Waals surface area contributed by atoms with Gasteiger partial charge >= 0.3 is 0 Å². The Labute approximate surface area is 145 Å². The van der Waals surface area contributed by atoms with Gasteiger partial charge < -0.3 is 13.9 Å². The maximum atomic E-state index is 5.23. The maximum absolute atomic E-state index is 5.23. The molecule has 132 valence electrons. The molecule has 3 rings (SSSR count). The largest absolute Gasteiger partial charge is 0.380 e. The zero-order valence-corrected chi connectivity index (χ0v) is 15.5. The molecule has 2 aromatic heterocycles. The van der Waals surface area contributed by atoms with E-state index < -0.39 is 0 Å². The molecule has 1 fully saturated rings. The number of methoxy groups -OCH3 is 1. The highest BCUT2D eigenvalue weighted by atomic mass is 16.5. The molecule has 0 atom stereocenters. The lowest BCUT2D eigenvalue weighted by molar-refractivity contribution is 0.184. The number of hydrogen-bond acceptors (Lipinski definition) is 3. The van der Waals surface area contributed by atoms with E-state index in [4.69, 9.17) is 4.74 Å². The van der Waals surface area contributed by atoms with Crippen molar-refractivity contribution in [1.82, 2.24) is 19.3 Å². The van der Waals surface area contributed by atoms with E-state index in [1.165, 1.54) is 44.1 Å². The van der Waals surface area contributed by atoms with Gasteiger partial charge in [0, 0.05) is 32.5 Å². The molecule has 0 saturated heterocycles. The molecular formula is C19H30N4O. The highest BCUT2D eigenvalue weighted by molar-refractivity contribution is 5.17. The third-order valence-corrected chi connectivity index (χ3v) is 5.39. The summed E-state index contributed by atoms with van der Waals surface area (Å²) in [5.41, 5.74) is 0.938. The fourth-order valence-corrected chi connectivity index (χ4v) is 3.92. The standard InChI is InChI=1S/C19H30N4O/c1-19(2,23-12-11-15(13-23)14-24-4)18-21-20-17(22(18)3)16-9-7-5-6-8-10-16/h11-13,16H,5-10,14H2,1-4H3. The average Bonchev–Trinajstić information content (AvgIpc) is 3.08. The minimum Gasteiger partial charge on any atom is -0.380 e. The minimum absolute atomic E-state index is 0.239. The molecule has 1 aliphatic rings. The van der Waals surface area contributed by atoms with Crippen LogP contribution in [0.15, 0.2) is 18.5 Å². The van der Waals surface area contributed by atoms with Crippen LogP contribution in [0.1, 0.15) is 75.5 Å². The summed E-state index contributed by atoms with van der Waals surface area (Å²) in [6.45, 7) is 5.03. The molecule has 0 radical (unpaired) electrons. The van der Waals surface area contributed by atoms with Crippen molar-refractivity contribution in [3.63, 3.8) is 0 Å². The van der Waals surface area contributed by atoms with Gasteiger partial charge in [-0.25, -0.2) is 0 Å². The normalized spacial score (nSPS) is 17.2. The van der Waals surface area contributed by atoms with Crippen molar-refractivity contribution in [2.75, 3.05) is 7.11 Å². The van der Waals surface area contributed by atoms with E-state index in [-0.39, 0.29) is 5.54 Å². The predicted molar refractivity (Wildman–Crippen MR) is 95.0 cm³/mol. The van der Waals surface area contributed by atoms with Gasteiger partial charge in [0.15, 0.2) is 5.82 Å². The summed E-state index contributed by atoms with van der Waals surface area (Å²) >= 11 is 0. The molecule has 5 nitrogen and oxygen atoms in total. The summed E-state index contributed by atoms with van der Waals surface area (Å²) in [6.07, 6.45) is 12.1. The van der Waals surface area contributed by atoms with Crippen LogP contribution in [0.2, 0.25) is 0 Å². The molecule has 2 aromatic rings. The van der Waals surface area contributed by atoms with E-state index in [1.54, 1.807) is 7.11 Å². The Balaban J connectivity index is 1.87. The van der Waals surface area contributed by atoms with Crippen molar-refractivity contribution in [2.45, 2.75) is 70.4 Å². The van der Waals surface area contributed by atoms with Crippen molar-refractivity contribution in [3.8, 4) is 0 Å². The Morgan fingerprint density at radius 2 is 1.88 bits per heavy atom. The molecule has 0 aromatic carbocycles. The highest BCUT2D eigenvalue weighted by Crippen LogP contribution is 2.33. The average molecular weight is 330 g/mol. The van der Waals surface area contributed by atoms with E-state index in [9.17, 15) is 0 Å². The van der Waals surface area contributed by atoms with Crippen LogP contribution in [-0.4, -0.2) is 26.4 Å². The molecule has 0 N–H and O–H groups in total. The summed E-state index contributed by atoms with van der Waals surface area (Å²) in [7, 11) is 3.85. The molecule has 0 aliphatic heterocycles. The van der Waals surface area contributed by atoms with Gasteiger partial charge in [-0.1, -0.05) is 25.7 Å². The zero-order valence-electron chi connectivity index (χ0n) is 15.5. The van der Waals surface area contributed by atoms with Crippen molar-refractivity contribution in [2.24, 2.45) is 7.05 Å². The van der Waals surface area contributed by atoms with Crippen LogP contribution in [0.5, 0.6) is 0 Å². The smallest absolute Gasteiger partial charge is 0.158 e. The summed E-state index contributed by atoms with van der Waals surface area (Å²) in [5, 5.41) is 9.18. The maximum Gasteiger partial charge on any atom is 0.158 e. The first-order chi connectivity index (χ1) is 11.5. The van der Waals surface area contributed by atoms with E-state index in [0.717, 1.165) is 11.6 Å². The van der Waals surface area contributed by atoms with Crippen LogP contribution in [0, 0.1) is 0 Å². The molecule has 1 saturated carbocycles. The predicted octanol–water partition coefficient (Wildman–Crippen LogP) is 3.98. The second-order valence-electron chi connectivity index (χ2n) is 7.55. The molecule has 1 aliphatic carbocycles. The topological polar surface area (TPSA) is 44.9 Å². The first-order valence-electron chi connectivity index (χ1n) is 9.10. The number of ether oxygens (including phenoxy) is 1. The highest BCUT2D eigenvalue weighted by Gasteiger charge is 2.31. The van der Waals surface area contributed by atoms with Crippen LogP contribution in [0.4, 0.5) is 0 Å². The summed E-state index contributed by atoms with van der Waals surface area (Å²) in [5.74, 6) is 2.73. The van der Waals surface area contributed by atoms with Gasteiger partial charge in [-0.15, -0.1) is 10.2 Å². The van der Waals surface area contributed by atoms with Gasteiger partial charge in [-0.05, 0) is 38.3 Å². The van der Waals surface area contributed by atoms with Gasteiger partial charge in [0.25, 0.3) is 0 Å². The minimum atomic E-state index is -0.239. The number of nitrogens with zero attached hydrogens (tertiary/aromatic N) is 4. The van der Waals surface area contributed by atoms with Crippen molar-refractivity contribution < 1.29 is 4.74 Å². The van der Waals surface area contributed by atoms with Crippen LogP contribution in [0.25, 0.3) is 0 Å². The van der Waals surface area contributed by atoms with Gasteiger partial charge in [0.2, 0.25) is 0 Å². The van der Waals surface area contributed by atoms with Crippen LogP contribution >= 0.6 is 0 Å². The van der Waals surface area contributed by atoms with E-state index in [1.807, 2.05) is 0 Å². The number of aromatic nitrogens is 4. The third kappa shape index (κ3) is 3.27. The first kappa shape index (κ1) is 17.2. The van der Waals surface area contributed by atoms with E-state index >= 15 is 0 Å². The second kappa shape index (κ2) is 7.09. The quantitative estimate of drug-likeness (QED) is 0.779. The van der Waals surface area contributed by atoms with Crippen LogP contribution in [0.3, 0.4) is 0 Å². The Hall–Kier alpha value is -1.62. The van der Waals surface area contributed by atoms with Crippen molar-refractivity contribution >= 4 is 0 Å². The summed E-state index contributed by atoms with van der Waals surface area (Å²) in [6, 6.07) is 2.10. The first-order valence-corrected chi connectivity index (χ1v) is 9.10. The third-order valence-electron chi connectivity index (χ3n) is 5.39. The summed E-state index contributed by atoms with van der Waals surface area (Å²) in [4.78, 5) is 0. The molecule has 0 bridgehead atoms. The molecule has 0 unspecified atom stereocenters. The fourth-order valence-electron chi connectivity index (χ4n) is 3.92. The van der Waals surface area contributed by atoms with Crippen molar-refractivity contribution in [3.05, 3.63) is 35.7 Å². The molecule has 2 heterocycles. The Bertz CT molecular complexity index is 663. The fraction of sp³-hybridized carbons (Fsp3) is 0.684. The number of rotatable bonds is 5. The van der Waals surface area contributed by atoms with Gasteiger partial charge in [-0.2, -0.15) is 0 Å². The lowest BCUT2D eigenvalue weighted by atomic mass is 9.99.